The van der Waals surface area contributed by atoms with Gasteiger partial charge in [0.25, 0.3) is 0 Å². The highest BCUT2D eigenvalue weighted by Gasteiger charge is 2.30. The molecule has 1 aromatic rings. The molecule has 1 fully saturated rings. The minimum Gasteiger partial charge on any atom is -0.390 e. The van der Waals surface area contributed by atoms with Crippen LogP contribution in [0.4, 0.5) is 0 Å². The van der Waals surface area contributed by atoms with Crippen molar-refractivity contribution in [2.24, 2.45) is 0 Å². The molecule has 19 heavy (non-hydrogen) atoms. The predicted molar refractivity (Wildman–Crippen MR) is 75.1 cm³/mol. The normalized spacial score (nSPS) is 26.0. The summed E-state index contributed by atoms with van der Waals surface area (Å²) >= 11 is 0. The number of nitrogens with zero attached hydrogens (tertiary/aromatic N) is 1. The van der Waals surface area contributed by atoms with E-state index in [0.29, 0.717) is 32.4 Å². The third-order valence-electron chi connectivity index (χ3n) is 3.61. The molecule has 1 N–H and O–H groups in total. The predicted octanol–water partition coefficient (Wildman–Crippen LogP) is 1.75. The summed E-state index contributed by atoms with van der Waals surface area (Å²) in [6.45, 7) is 2.69. The Labute approximate surface area is 115 Å². The molecule has 0 saturated carbocycles. The molecule has 1 aliphatic rings. The standard InChI is InChI=1S/C14H21NO3S/c1-14(16)8-5-10-15(11-9-14)19(17,18)12-13-6-3-2-4-7-13/h2-4,6-7,16H,5,8-12H2,1H3. The Morgan fingerprint density at radius 2 is 1.89 bits per heavy atom. The molecule has 1 saturated heterocycles. The van der Waals surface area contributed by atoms with E-state index in [0.717, 1.165) is 5.56 Å². The Balaban J connectivity index is 2.08. The van der Waals surface area contributed by atoms with Crippen molar-refractivity contribution in [3.63, 3.8) is 0 Å². The molecule has 1 aromatic carbocycles. The molecule has 0 bridgehead atoms. The second-order valence-electron chi connectivity index (χ2n) is 5.49. The van der Waals surface area contributed by atoms with Crippen molar-refractivity contribution in [3.8, 4) is 0 Å². The first-order valence-electron chi connectivity index (χ1n) is 6.63. The third-order valence-corrected chi connectivity index (χ3v) is 5.46. The van der Waals surface area contributed by atoms with Crippen LogP contribution in [0.3, 0.4) is 0 Å². The van der Waals surface area contributed by atoms with Crippen LogP contribution in [0.25, 0.3) is 0 Å². The lowest BCUT2D eigenvalue weighted by molar-refractivity contribution is 0.0465. The maximum Gasteiger partial charge on any atom is 0.218 e. The molecule has 0 amide bonds. The van der Waals surface area contributed by atoms with E-state index in [1.54, 1.807) is 6.92 Å². The van der Waals surface area contributed by atoms with Gasteiger partial charge in [-0.3, -0.25) is 0 Å². The summed E-state index contributed by atoms with van der Waals surface area (Å²) in [5.41, 5.74) is 0.0651. The maximum absolute atomic E-state index is 12.4. The van der Waals surface area contributed by atoms with Crippen LogP contribution in [0.15, 0.2) is 30.3 Å². The van der Waals surface area contributed by atoms with Gasteiger partial charge in [0.2, 0.25) is 10.0 Å². The number of benzene rings is 1. The van der Waals surface area contributed by atoms with Gasteiger partial charge in [0.15, 0.2) is 0 Å². The number of aliphatic hydroxyl groups is 1. The smallest absolute Gasteiger partial charge is 0.218 e. The Kier molecular flexibility index (Phi) is 4.28. The van der Waals surface area contributed by atoms with Gasteiger partial charge in [-0.25, -0.2) is 12.7 Å². The first kappa shape index (κ1) is 14.5. The molecule has 0 radical (unpaired) electrons. The van der Waals surface area contributed by atoms with Gasteiger partial charge < -0.3 is 5.11 Å². The van der Waals surface area contributed by atoms with Gasteiger partial charge in [-0.1, -0.05) is 30.3 Å². The second kappa shape index (κ2) is 5.61. The van der Waals surface area contributed by atoms with Crippen LogP contribution >= 0.6 is 0 Å². The zero-order valence-corrected chi connectivity index (χ0v) is 12.1. The molecule has 1 unspecified atom stereocenters. The van der Waals surface area contributed by atoms with Crippen LogP contribution < -0.4 is 0 Å². The molecule has 0 aliphatic carbocycles. The Morgan fingerprint density at radius 3 is 2.58 bits per heavy atom. The monoisotopic (exact) mass is 283 g/mol. The van der Waals surface area contributed by atoms with E-state index in [1.807, 2.05) is 30.3 Å². The summed E-state index contributed by atoms with van der Waals surface area (Å²) in [5, 5.41) is 10.0. The van der Waals surface area contributed by atoms with Crippen LogP contribution in [0.2, 0.25) is 0 Å². The maximum atomic E-state index is 12.4. The summed E-state index contributed by atoms with van der Waals surface area (Å²) in [6, 6.07) is 9.21. The first-order valence-corrected chi connectivity index (χ1v) is 8.24. The molecule has 106 valence electrons. The summed E-state index contributed by atoms with van der Waals surface area (Å²) in [4.78, 5) is 0. The number of hydrogen-bond acceptors (Lipinski definition) is 3. The molecular weight excluding hydrogens is 262 g/mol. The highest BCUT2D eigenvalue weighted by atomic mass is 32.2. The van der Waals surface area contributed by atoms with Crippen molar-refractivity contribution in [2.75, 3.05) is 13.1 Å². The minimum atomic E-state index is -3.29. The van der Waals surface area contributed by atoms with E-state index in [9.17, 15) is 13.5 Å². The van der Waals surface area contributed by atoms with Crippen molar-refractivity contribution in [2.45, 2.75) is 37.5 Å². The zero-order valence-electron chi connectivity index (χ0n) is 11.2. The molecule has 1 aliphatic heterocycles. The molecule has 0 aromatic heterocycles. The van der Waals surface area contributed by atoms with Gasteiger partial charge in [-0.15, -0.1) is 0 Å². The molecular formula is C14H21NO3S. The van der Waals surface area contributed by atoms with Gasteiger partial charge in [0, 0.05) is 13.1 Å². The SMILES string of the molecule is CC1(O)CCCN(S(=O)(=O)Cc2ccccc2)CC1. The fourth-order valence-electron chi connectivity index (χ4n) is 2.39. The highest BCUT2D eigenvalue weighted by Crippen LogP contribution is 2.24. The van der Waals surface area contributed by atoms with Crippen molar-refractivity contribution in [3.05, 3.63) is 35.9 Å². The summed E-state index contributed by atoms with van der Waals surface area (Å²) in [5.74, 6) is 0.0377. The lowest BCUT2D eigenvalue weighted by atomic mass is 9.98. The van der Waals surface area contributed by atoms with E-state index in [1.165, 1.54) is 4.31 Å². The van der Waals surface area contributed by atoms with Gasteiger partial charge in [-0.05, 0) is 31.7 Å². The number of sulfonamides is 1. The van der Waals surface area contributed by atoms with Crippen LogP contribution in [-0.2, 0) is 15.8 Å². The van der Waals surface area contributed by atoms with E-state index in [4.69, 9.17) is 0 Å². The average molecular weight is 283 g/mol. The second-order valence-corrected chi connectivity index (χ2v) is 7.46. The van der Waals surface area contributed by atoms with Crippen molar-refractivity contribution in [1.82, 2.24) is 4.31 Å². The van der Waals surface area contributed by atoms with Gasteiger partial charge in [-0.2, -0.15) is 0 Å². The zero-order chi connectivity index (χ0) is 13.9. The van der Waals surface area contributed by atoms with Crippen molar-refractivity contribution >= 4 is 10.0 Å². The molecule has 5 heteroatoms. The molecule has 0 spiro atoms. The van der Waals surface area contributed by atoms with Gasteiger partial charge in [0.05, 0.1) is 11.4 Å². The summed E-state index contributed by atoms with van der Waals surface area (Å²) < 4.78 is 26.2. The fraction of sp³-hybridized carbons (Fsp3) is 0.571. The Bertz CT molecular complexity index is 511. The molecule has 2 rings (SSSR count). The van der Waals surface area contributed by atoms with Crippen LogP contribution in [0.1, 0.15) is 31.7 Å². The quantitative estimate of drug-likeness (QED) is 0.919. The Hall–Kier alpha value is -0.910. The number of hydrogen-bond donors (Lipinski definition) is 1. The third kappa shape index (κ3) is 4.03. The van der Waals surface area contributed by atoms with E-state index in [-0.39, 0.29) is 5.75 Å². The average Bonchev–Trinajstić information content (AvgIpc) is 2.51. The van der Waals surface area contributed by atoms with Crippen molar-refractivity contribution < 1.29 is 13.5 Å². The van der Waals surface area contributed by atoms with Gasteiger partial charge >= 0.3 is 0 Å². The Morgan fingerprint density at radius 1 is 1.21 bits per heavy atom. The molecule has 1 atom stereocenters. The van der Waals surface area contributed by atoms with Gasteiger partial charge in [0.1, 0.15) is 0 Å². The molecule has 4 nitrogen and oxygen atoms in total. The van der Waals surface area contributed by atoms with Crippen LogP contribution in [-0.4, -0.2) is 36.5 Å². The lowest BCUT2D eigenvalue weighted by Crippen LogP contribution is -2.34. The highest BCUT2D eigenvalue weighted by molar-refractivity contribution is 7.88. The van der Waals surface area contributed by atoms with E-state index >= 15 is 0 Å². The summed E-state index contributed by atoms with van der Waals surface area (Å²) in [6.07, 6.45) is 1.87. The van der Waals surface area contributed by atoms with Crippen LogP contribution in [0.5, 0.6) is 0 Å². The topological polar surface area (TPSA) is 57.6 Å². The van der Waals surface area contributed by atoms with Crippen molar-refractivity contribution in [1.29, 1.82) is 0 Å². The largest absolute Gasteiger partial charge is 0.390 e. The molecule has 1 heterocycles. The van der Waals surface area contributed by atoms with Crippen LogP contribution in [0, 0.1) is 0 Å². The fourth-order valence-corrected chi connectivity index (χ4v) is 3.97. The van der Waals surface area contributed by atoms with E-state index < -0.39 is 15.6 Å². The van der Waals surface area contributed by atoms with E-state index in [2.05, 4.69) is 0 Å². The summed E-state index contributed by atoms with van der Waals surface area (Å²) in [7, 11) is -3.29. The lowest BCUT2D eigenvalue weighted by Gasteiger charge is -2.22. The number of rotatable bonds is 3. The minimum absolute atomic E-state index is 0.0377. The first-order chi connectivity index (χ1) is 8.89.